The Morgan fingerprint density at radius 2 is 1.42 bits per heavy atom. The monoisotopic (exact) mass is 366 g/mol. The van der Waals surface area contributed by atoms with Crippen molar-refractivity contribution in [2.75, 3.05) is 5.32 Å². The molecule has 0 radical (unpaired) electrons. The van der Waals surface area contributed by atoms with Crippen molar-refractivity contribution < 1.29 is 28.6 Å². The molecule has 0 spiro atoms. The Bertz CT molecular complexity index is 656. The third-order valence-electron chi connectivity index (χ3n) is 2.74. The van der Waals surface area contributed by atoms with Gasteiger partial charge in [-0.1, -0.05) is 12.1 Å². The molecule has 0 fully saturated rings. The summed E-state index contributed by atoms with van der Waals surface area (Å²) in [5.41, 5.74) is 5.27. The van der Waals surface area contributed by atoms with E-state index in [1.165, 1.54) is 12.1 Å². The van der Waals surface area contributed by atoms with Crippen LogP contribution in [0.15, 0.2) is 24.3 Å². The summed E-state index contributed by atoms with van der Waals surface area (Å²) in [4.78, 5) is 35.1. The second kappa shape index (κ2) is 8.18. The van der Waals surface area contributed by atoms with Crippen LogP contribution in [0.25, 0.3) is 0 Å². The third-order valence-corrected chi connectivity index (χ3v) is 2.74. The van der Waals surface area contributed by atoms with Crippen LogP contribution in [0.3, 0.4) is 0 Å². The van der Waals surface area contributed by atoms with E-state index in [0.29, 0.717) is 11.3 Å². The molecule has 3 N–H and O–H groups in total. The van der Waals surface area contributed by atoms with Crippen molar-refractivity contribution in [2.45, 2.75) is 58.8 Å². The van der Waals surface area contributed by atoms with Gasteiger partial charge < -0.3 is 19.9 Å². The number of ether oxygens (including phenoxy) is 3. The fourth-order valence-electron chi connectivity index (χ4n) is 1.75. The summed E-state index contributed by atoms with van der Waals surface area (Å²) in [6, 6.07) is 5.01. The van der Waals surface area contributed by atoms with E-state index in [9.17, 15) is 14.4 Å². The second-order valence-corrected chi connectivity index (χ2v) is 7.61. The van der Waals surface area contributed by atoms with Crippen LogP contribution in [0.1, 0.15) is 53.1 Å². The quantitative estimate of drug-likeness (QED) is 0.621. The van der Waals surface area contributed by atoms with Crippen LogP contribution in [-0.4, -0.2) is 29.4 Å². The maximum Gasteiger partial charge on any atom is 0.516 e. The highest BCUT2D eigenvalue weighted by atomic mass is 16.7. The average molecular weight is 366 g/mol. The molecule has 0 aliphatic rings. The number of hydrogen-bond acceptors (Lipinski definition) is 7. The standard InChI is InChI=1S/C18H26N2O6/c1-17(2,3)25-15(22)20-12-9-7-11(8-10-12)13(19)14(21)24-16(23)26-18(4,5)6/h7-10,13H,19H2,1-6H3,(H,20,22)/t13-/m1/s1. The van der Waals surface area contributed by atoms with Crippen molar-refractivity contribution in [2.24, 2.45) is 5.73 Å². The molecule has 0 aliphatic carbocycles. The lowest BCUT2D eigenvalue weighted by molar-refractivity contribution is -0.143. The first-order valence-electron chi connectivity index (χ1n) is 8.07. The summed E-state index contributed by atoms with van der Waals surface area (Å²) < 4.78 is 14.6. The normalized spacial score (nSPS) is 12.7. The van der Waals surface area contributed by atoms with Crippen molar-refractivity contribution in [3.05, 3.63) is 29.8 Å². The minimum absolute atomic E-state index is 0.410. The first-order valence-corrected chi connectivity index (χ1v) is 8.07. The molecule has 1 amide bonds. The van der Waals surface area contributed by atoms with E-state index in [0.717, 1.165) is 0 Å². The maximum atomic E-state index is 11.9. The molecule has 1 aromatic carbocycles. The summed E-state index contributed by atoms with van der Waals surface area (Å²) in [6.45, 7) is 10.2. The number of esters is 1. The molecule has 0 unspecified atom stereocenters. The van der Waals surface area contributed by atoms with E-state index in [1.807, 2.05) is 0 Å². The summed E-state index contributed by atoms with van der Waals surface area (Å²) >= 11 is 0. The van der Waals surface area contributed by atoms with Crippen molar-refractivity contribution in [3.8, 4) is 0 Å². The highest BCUT2D eigenvalue weighted by molar-refractivity contribution is 5.87. The van der Waals surface area contributed by atoms with Crippen molar-refractivity contribution in [1.29, 1.82) is 0 Å². The smallest absolute Gasteiger partial charge is 0.444 e. The number of amides is 1. The lowest BCUT2D eigenvalue weighted by Crippen LogP contribution is -2.30. The number of benzene rings is 1. The van der Waals surface area contributed by atoms with Crippen LogP contribution in [0.2, 0.25) is 0 Å². The minimum atomic E-state index is -1.17. The number of carbonyl (C=O) groups is 3. The number of carbonyl (C=O) groups excluding carboxylic acids is 3. The van der Waals surface area contributed by atoms with Crippen molar-refractivity contribution in [1.82, 2.24) is 0 Å². The fourth-order valence-corrected chi connectivity index (χ4v) is 1.75. The Balaban J connectivity index is 2.65. The Hall–Kier alpha value is -2.61. The van der Waals surface area contributed by atoms with Crippen molar-refractivity contribution >= 4 is 23.9 Å². The van der Waals surface area contributed by atoms with Gasteiger partial charge in [-0.3, -0.25) is 5.32 Å². The number of nitrogens with one attached hydrogen (secondary N) is 1. The molecule has 26 heavy (non-hydrogen) atoms. The van der Waals surface area contributed by atoms with E-state index in [-0.39, 0.29) is 0 Å². The van der Waals surface area contributed by atoms with Gasteiger partial charge in [0.25, 0.3) is 0 Å². The van der Waals surface area contributed by atoms with Gasteiger partial charge >= 0.3 is 18.2 Å². The molecule has 144 valence electrons. The first kappa shape index (κ1) is 21.4. The summed E-state index contributed by atoms with van der Waals surface area (Å²) in [6.07, 6.45) is -1.71. The molecular weight excluding hydrogens is 340 g/mol. The number of nitrogens with two attached hydrogens (primary N) is 1. The number of anilines is 1. The van der Waals surface area contributed by atoms with Gasteiger partial charge in [0.2, 0.25) is 0 Å². The molecule has 8 heteroatoms. The molecule has 1 atom stereocenters. The summed E-state index contributed by atoms with van der Waals surface area (Å²) in [5.74, 6) is -0.938. The molecule has 0 aromatic heterocycles. The Kier molecular flexibility index (Phi) is 6.74. The van der Waals surface area contributed by atoms with E-state index in [4.69, 9.17) is 15.2 Å². The number of hydrogen-bond donors (Lipinski definition) is 2. The van der Waals surface area contributed by atoms with Crippen LogP contribution in [-0.2, 0) is 19.0 Å². The lowest BCUT2D eigenvalue weighted by Gasteiger charge is -2.20. The van der Waals surface area contributed by atoms with Crippen molar-refractivity contribution in [3.63, 3.8) is 0 Å². The van der Waals surface area contributed by atoms with E-state index >= 15 is 0 Å². The topological polar surface area (TPSA) is 117 Å². The maximum absolute atomic E-state index is 11.9. The highest BCUT2D eigenvalue weighted by Crippen LogP contribution is 2.18. The molecule has 8 nitrogen and oxygen atoms in total. The van der Waals surface area contributed by atoms with Crippen LogP contribution in [0.4, 0.5) is 15.3 Å². The molecule has 0 heterocycles. The molecule has 0 aliphatic heterocycles. The Labute approximate surface area is 153 Å². The predicted molar refractivity (Wildman–Crippen MR) is 95.6 cm³/mol. The summed E-state index contributed by atoms with van der Waals surface area (Å²) in [7, 11) is 0. The second-order valence-electron chi connectivity index (χ2n) is 7.61. The zero-order valence-electron chi connectivity index (χ0n) is 15.9. The molecule has 0 saturated carbocycles. The predicted octanol–water partition coefficient (Wildman–Crippen LogP) is 3.51. The number of rotatable bonds is 3. The zero-order chi connectivity index (χ0) is 20.1. The van der Waals surface area contributed by atoms with Gasteiger partial charge in [0.15, 0.2) is 0 Å². The van der Waals surface area contributed by atoms with E-state index < -0.39 is 35.5 Å². The lowest BCUT2D eigenvalue weighted by atomic mass is 10.1. The zero-order valence-corrected chi connectivity index (χ0v) is 15.9. The van der Waals surface area contributed by atoms with Gasteiger partial charge in [-0.05, 0) is 59.2 Å². The average Bonchev–Trinajstić information content (AvgIpc) is 2.43. The molecule has 0 bridgehead atoms. The van der Waals surface area contributed by atoms with E-state index in [1.54, 1.807) is 53.7 Å². The molecule has 1 rings (SSSR count). The van der Waals surface area contributed by atoms with Gasteiger partial charge in [0, 0.05) is 5.69 Å². The Morgan fingerprint density at radius 3 is 1.88 bits per heavy atom. The van der Waals surface area contributed by atoms with Gasteiger partial charge in [-0.2, -0.15) is 0 Å². The minimum Gasteiger partial charge on any atom is -0.444 e. The van der Waals surface area contributed by atoms with E-state index in [2.05, 4.69) is 10.1 Å². The van der Waals surface area contributed by atoms with Crippen LogP contribution in [0, 0.1) is 0 Å². The van der Waals surface area contributed by atoms with Gasteiger partial charge in [-0.25, -0.2) is 14.4 Å². The third kappa shape index (κ3) is 7.98. The van der Waals surface area contributed by atoms with Gasteiger partial charge in [0.1, 0.15) is 17.2 Å². The van der Waals surface area contributed by atoms with Crippen LogP contribution >= 0.6 is 0 Å². The summed E-state index contributed by atoms with van der Waals surface area (Å²) in [5, 5.41) is 2.56. The van der Waals surface area contributed by atoms with Crippen LogP contribution in [0.5, 0.6) is 0 Å². The molecule has 0 saturated heterocycles. The first-order chi connectivity index (χ1) is 11.8. The Morgan fingerprint density at radius 1 is 0.923 bits per heavy atom. The SMILES string of the molecule is CC(C)(C)OC(=O)Nc1ccc([C@@H](N)C(=O)OC(=O)OC(C)(C)C)cc1. The van der Waals surface area contributed by atoms with Gasteiger partial charge in [-0.15, -0.1) is 0 Å². The molecule has 1 aromatic rings. The van der Waals surface area contributed by atoms with Crippen LogP contribution < -0.4 is 11.1 Å². The molecular formula is C18H26N2O6. The fraction of sp³-hybridized carbons (Fsp3) is 0.500. The van der Waals surface area contributed by atoms with Gasteiger partial charge in [0.05, 0.1) is 0 Å². The highest BCUT2D eigenvalue weighted by Gasteiger charge is 2.25. The largest absolute Gasteiger partial charge is 0.516 e.